The first kappa shape index (κ1) is 15.1. The minimum atomic E-state index is 0.269. The SMILES string of the molecule is Oc1ccc2c(c1)CC[C@H]1C3CCC4CC43C[C@H](Oc3ccccc3)[C@H]21. The van der Waals surface area contributed by atoms with Gasteiger partial charge in [-0.05, 0) is 97.1 Å². The number of ether oxygens (including phenoxy) is 1. The maximum absolute atomic E-state index is 9.95. The Morgan fingerprint density at radius 3 is 2.69 bits per heavy atom. The third kappa shape index (κ3) is 2.05. The molecule has 0 radical (unpaired) electrons. The summed E-state index contributed by atoms with van der Waals surface area (Å²) in [6, 6.07) is 16.4. The van der Waals surface area contributed by atoms with Crippen LogP contribution in [0.4, 0.5) is 0 Å². The number of benzene rings is 2. The number of hydrogen-bond donors (Lipinski definition) is 1. The fourth-order valence-corrected chi connectivity index (χ4v) is 7.04. The van der Waals surface area contributed by atoms with Crippen LogP contribution < -0.4 is 4.74 Å². The van der Waals surface area contributed by atoms with E-state index < -0.39 is 0 Å². The molecular weight excluding hydrogens is 320 g/mol. The number of aromatic hydroxyl groups is 1. The molecule has 0 bridgehead atoms. The molecule has 3 unspecified atom stereocenters. The second-order valence-corrected chi connectivity index (χ2v) is 9.10. The first-order valence-corrected chi connectivity index (χ1v) is 10.3. The molecule has 1 N–H and O–H groups in total. The van der Waals surface area contributed by atoms with E-state index in [4.69, 9.17) is 4.74 Å². The second kappa shape index (κ2) is 5.28. The molecule has 2 aromatic carbocycles. The highest BCUT2D eigenvalue weighted by molar-refractivity contribution is 5.42. The molecule has 0 saturated heterocycles. The summed E-state index contributed by atoms with van der Waals surface area (Å²) in [6.07, 6.45) is 8.17. The van der Waals surface area contributed by atoms with Crippen molar-refractivity contribution >= 4 is 0 Å². The number of aryl methyl sites for hydroxylation is 1. The van der Waals surface area contributed by atoms with Crippen molar-refractivity contribution in [2.75, 3.05) is 0 Å². The van der Waals surface area contributed by atoms with Gasteiger partial charge in [0.05, 0.1) is 0 Å². The molecule has 1 spiro atoms. The first-order chi connectivity index (χ1) is 12.7. The van der Waals surface area contributed by atoms with Crippen molar-refractivity contribution in [2.24, 2.45) is 23.2 Å². The van der Waals surface area contributed by atoms with Crippen LogP contribution in [0.5, 0.6) is 11.5 Å². The summed E-state index contributed by atoms with van der Waals surface area (Å²) in [7, 11) is 0. The molecule has 0 aliphatic heterocycles. The number of phenolic OH excluding ortho intramolecular Hbond substituents is 1. The zero-order valence-electron chi connectivity index (χ0n) is 15.1. The Morgan fingerprint density at radius 2 is 1.85 bits per heavy atom. The summed E-state index contributed by atoms with van der Waals surface area (Å²) >= 11 is 0. The number of para-hydroxylation sites is 1. The molecule has 6 atom stereocenters. The van der Waals surface area contributed by atoms with E-state index in [1.807, 2.05) is 12.1 Å². The van der Waals surface area contributed by atoms with Crippen LogP contribution in [0.2, 0.25) is 0 Å². The zero-order chi connectivity index (χ0) is 17.3. The maximum atomic E-state index is 9.95. The molecule has 4 aliphatic carbocycles. The van der Waals surface area contributed by atoms with Gasteiger partial charge in [-0.25, -0.2) is 0 Å². The summed E-state index contributed by atoms with van der Waals surface area (Å²) in [6.45, 7) is 0. The van der Waals surface area contributed by atoms with Crippen LogP contribution >= 0.6 is 0 Å². The number of hydrogen-bond acceptors (Lipinski definition) is 2. The normalized spacial score (nSPS) is 39.3. The van der Waals surface area contributed by atoms with Crippen LogP contribution in [0.3, 0.4) is 0 Å². The third-order valence-corrected chi connectivity index (χ3v) is 8.07. The van der Waals surface area contributed by atoms with Gasteiger partial charge >= 0.3 is 0 Å². The highest BCUT2D eigenvalue weighted by Crippen LogP contribution is 2.75. The molecule has 3 fully saturated rings. The standard InChI is InChI=1S/C24H26O2/c25-17-8-10-19-15(12-17)6-9-20-21-11-7-16-13-24(16,21)14-22(23(19)20)26-18-4-2-1-3-5-18/h1-5,8,10,12,16,20-23,25H,6-7,9,11,13-14H2/t16?,20-,21?,22-,23+,24?/m0/s1. The van der Waals surface area contributed by atoms with Gasteiger partial charge in [-0.3, -0.25) is 0 Å². The fourth-order valence-electron chi connectivity index (χ4n) is 7.04. The van der Waals surface area contributed by atoms with Crippen molar-refractivity contribution in [3.8, 4) is 11.5 Å². The lowest BCUT2D eigenvalue weighted by Gasteiger charge is -2.49. The van der Waals surface area contributed by atoms with Crippen LogP contribution in [-0.2, 0) is 6.42 Å². The van der Waals surface area contributed by atoms with E-state index in [9.17, 15) is 5.11 Å². The van der Waals surface area contributed by atoms with E-state index in [0.29, 0.717) is 17.1 Å². The van der Waals surface area contributed by atoms with Crippen molar-refractivity contribution < 1.29 is 9.84 Å². The van der Waals surface area contributed by atoms with Gasteiger partial charge < -0.3 is 9.84 Å². The van der Waals surface area contributed by atoms with E-state index >= 15 is 0 Å². The Morgan fingerprint density at radius 1 is 0.962 bits per heavy atom. The van der Waals surface area contributed by atoms with Crippen LogP contribution in [0.25, 0.3) is 0 Å². The number of rotatable bonds is 2. The second-order valence-electron chi connectivity index (χ2n) is 9.10. The Labute approximate surface area is 155 Å². The van der Waals surface area contributed by atoms with E-state index in [1.165, 1.54) is 43.2 Å². The Kier molecular flexibility index (Phi) is 3.07. The average Bonchev–Trinajstić information content (AvgIpc) is 3.23. The maximum Gasteiger partial charge on any atom is 0.119 e. The van der Waals surface area contributed by atoms with Gasteiger partial charge in [0.2, 0.25) is 0 Å². The quantitative estimate of drug-likeness (QED) is 0.799. The van der Waals surface area contributed by atoms with Crippen molar-refractivity contribution in [1.82, 2.24) is 0 Å². The summed E-state index contributed by atoms with van der Waals surface area (Å²) in [4.78, 5) is 0. The van der Waals surface area contributed by atoms with Crippen molar-refractivity contribution in [3.63, 3.8) is 0 Å². The first-order valence-electron chi connectivity index (χ1n) is 10.3. The highest BCUT2D eigenvalue weighted by Gasteiger charge is 2.68. The van der Waals surface area contributed by atoms with Crippen LogP contribution in [0, 0.1) is 23.2 Å². The van der Waals surface area contributed by atoms with E-state index in [0.717, 1.165) is 29.9 Å². The molecule has 3 saturated carbocycles. The lowest BCUT2D eigenvalue weighted by atomic mass is 9.57. The molecule has 4 aliphatic rings. The van der Waals surface area contributed by atoms with Gasteiger partial charge in [0.15, 0.2) is 0 Å². The summed E-state index contributed by atoms with van der Waals surface area (Å²) in [5, 5.41) is 9.95. The molecule has 2 heteroatoms. The third-order valence-electron chi connectivity index (χ3n) is 8.07. The molecule has 2 aromatic rings. The predicted molar refractivity (Wildman–Crippen MR) is 101 cm³/mol. The van der Waals surface area contributed by atoms with Gasteiger partial charge in [-0.2, -0.15) is 0 Å². The average molecular weight is 346 g/mol. The van der Waals surface area contributed by atoms with Gasteiger partial charge in [-0.1, -0.05) is 24.3 Å². The summed E-state index contributed by atoms with van der Waals surface area (Å²) in [5.74, 6) is 4.51. The summed E-state index contributed by atoms with van der Waals surface area (Å²) < 4.78 is 6.65. The van der Waals surface area contributed by atoms with Gasteiger partial charge in [0.1, 0.15) is 17.6 Å². The zero-order valence-corrected chi connectivity index (χ0v) is 15.1. The Bertz CT molecular complexity index is 845. The van der Waals surface area contributed by atoms with E-state index in [1.54, 1.807) is 0 Å². The van der Waals surface area contributed by atoms with E-state index in [2.05, 4.69) is 36.4 Å². The monoisotopic (exact) mass is 346 g/mol. The van der Waals surface area contributed by atoms with Gasteiger partial charge in [0, 0.05) is 5.92 Å². The topological polar surface area (TPSA) is 29.5 Å². The molecule has 2 nitrogen and oxygen atoms in total. The van der Waals surface area contributed by atoms with Gasteiger partial charge in [0.25, 0.3) is 0 Å². The Balaban J connectivity index is 1.43. The van der Waals surface area contributed by atoms with E-state index in [-0.39, 0.29) is 6.10 Å². The molecule has 0 heterocycles. The van der Waals surface area contributed by atoms with Crippen LogP contribution in [0.1, 0.15) is 49.1 Å². The highest BCUT2D eigenvalue weighted by atomic mass is 16.5. The predicted octanol–water partition coefficient (Wildman–Crippen LogP) is 5.31. The van der Waals surface area contributed by atoms with Crippen LogP contribution in [-0.4, -0.2) is 11.2 Å². The molecule has 6 rings (SSSR count). The lowest BCUT2D eigenvalue weighted by molar-refractivity contribution is 0.00359. The Hall–Kier alpha value is -1.96. The van der Waals surface area contributed by atoms with Crippen molar-refractivity contribution in [3.05, 3.63) is 59.7 Å². The fraction of sp³-hybridized carbons (Fsp3) is 0.500. The van der Waals surface area contributed by atoms with Crippen molar-refractivity contribution in [1.29, 1.82) is 0 Å². The minimum absolute atomic E-state index is 0.269. The van der Waals surface area contributed by atoms with Crippen LogP contribution in [0.15, 0.2) is 48.5 Å². The van der Waals surface area contributed by atoms with Crippen molar-refractivity contribution in [2.45, 2.75) is 50.5 Å². The molecule has 0 amide bonds. The molecule has 134 valence electrons. The summed E-state index contributed by atoms with van der Waals surface area (Å²) in [5.41, 5.74) is 3.38. The lowest BCUT2D eigenvalue weighted by Crippen LogP contribution is -2.46. The molecule has 26 heavy (non-hydrogen) atoms. The van der Waals surface area contributed by atoms with Gasteiger partial charge in [-0.15, -0.1) is 0 Å². The molecule has 0 aromatic heterocycles. The smallest absolute Gasteiger partial charge is 0.119 e. The molecular formula is C24H26O2. The minimum Gasteiger partial charge on any atom is -0.508 e. The number of fused-ring (bicyclic) bond motifs is 4. The largest absolute Gasteiger partial charge is 0.508 e. The number of phenols is 1.